The van der Waals surface area contributed by atoms with Crippen LogP contribution in [0, 0.1) is 0 Å². The molecule has 2 aromatic heterocycles. The molecule has 0 aromatic carbocycles. The molecular weight excluding hydrogens is 294 g/mol. The maximum absolute atomic E-state index is 11.0. The standard InChI is InChI=1S/C17H15N3O3/c21-11-19-17-10-15(6-8-18-17)23-14-2-1-3-16-13(4-5-14)7-9-20(16)12-22/h1-2,5-12H,3-4H2,(H,18,19,21)/b2-1?,14-5+. The van der Waals surface area contributed by atoms with Crippen LogP contribution in [0.5, 0.6) is 5.75 Å². The highest BCUT2D eigenvalue weighted by atomic mass is 16.5. The van der Waals surface area contributed by atoms with Gasteiger partial charge in [0.05, 0.1) is 0 Å². The number of nitrogens with zero attached hydrogens (tertiary/aromatic N) is 2. The van der Waals surface area contributed by atoms with Crippen LogP contribution in [0.4, 0.5) is 5.82 Å². The van der Waals surface area contributed by atoms with Crippen LogP contribution >= 0.6 is 0 Å². The highest BCUT2D eigenvalue weighted by molar-refractivity contribution is 5.69. The minimum absolute atomic E-state index is 0.429. The van der Waals surface area contributed by atoms with Crippen LogP contribution in [0.15, 0.2) is 54.6 Å². The van der Waals surface area contributed by atoms with Gasteiger partial charge in [-0.2, -0.15) is 0 Å². The number of carbonyl (C=O) groups excluding carboxylic acids is 2. The van der Waals surface area contributed by atoms with Crippen LogP contribution in [0.3, 0.4) is 0 Å². The van der Waals surface area contributed by atoms with Crippen molar-refractivity contribution in [1.82, 2.24) is 9.55 Å². The van der Waals surface area contributed by atoms with Gasteiger partial charge in [0.15, 0.2) is 0 Å². The lowest BCUT2D eigenvalue weighted by molar-refractivity contribution is -0.105. The van der Waals surface area contributed by atoms with E-state index in [4.69, 9.17) is 4.74 Å². The number of allylic oxidation sites excluding steroid dienone is 3. The van der Waals surface area contributed by atoms with Crippen molar-refractivity contribution in [3.63, 3.8) is 0 Å². The van der Waals surface area contributed by atoms with Gasteiger partial charge in [-0.15, -0.1) is 0 Å². The van der Waals surface area contributed by atoms with E-state index in [1.807, 2.05) is 24.3 Å². The SMILES string of the molecule is O=CNc1cc(O/C2=C/Cc3ccn(C=O)c3CC=C2)ccn1. The van der Waals surface area contributed by atoms with E-state index >= 15 is 0 Å². The number of aromatic nitrogens is 2. The molecule has 0 saturated heterocycles. The fraction of sp³-hybridized carbons (Fsp3) is 0.118. The summed E-state index contributed by atoms with van der Waals surface area (Å²) in [5.41, 5.74) is 2.09. The Hall–Kier alpha value is -3.15. The normalized spacial score (nSPS) is 15.6. The third-order valence-electron chi connectivity index (χ3n) is 3.52. The Labute approximate surface area is 133 Å². The molecule has 2 aromatic rings. The molecular formula is C17H15N3O3. The van der Waals surface area contributed by atoms with Gasteiger partial charge in [0.25, 0.3) is 0 Å². The molecule has 0 bridgehead atoms. The lowest BCUT2D eigenvalue weighted by Crippen LogP contribution is -2.04. The van der Waals surface area contributed by atoms with E-state index in [9.17, 15) is 9.59 Å². The fourth-order valence-electron chi connectivity index (χ4n) is 2.43. The van der Waals surface area contributed by atoms with Crippen molar-refractivity contribution in [2.45, 2.75) is 12.8 Å². The van der Waals surface area contributed by atoms with Gasteiger partial charge in [0.1, 0.15) is 17.3 Å². The minimum atomic E-state index is 0.429. The molecule has 1 aliphatic rings. The fourth-order valence-corrected chi connectivity index (χ4v) is 2.43. The topological polar surface area (TPSA) is 73.2 Å². The summed E-state index contributed by atoms with van der Waals surface area (Å²) in [5, 5.41) is 2.48. The maximum atomic E-state index is 11.0. The third-order valence-corrected chi connectivity index (χ3v) is 3.52. The summed E-state index contributed by atoms with van der Waals surface area (Å²) >= 11 is 0. The highest BCUT2D eigenvalue weighted by Gasteiger charge is 2.10. The molecule has 6 nitrogen and oxygen atoms in total. The monoisotopic (exact) mass is 309 g/mol. The van der Waals surface area contributed by atoms with E-state index < -0.39 is 0 Å². The van der Waals surface area contributed by atoms with Crippen molar-refractivity contribution in [2.75, 3.05) is 5.32 Å². The number of amides is 1. The molecule has 0 aliphatic heterocycles. The van der Waals surface area contributed by atoms with Crippen molar-refractivity contribution in [1.29, 1.82) is 0 Å². The first kappa shape index (κ1) is 14.8. The van der Waals surface area contributed by atoms with Crippen LogP contribution in [-0.2, 0) is 22.4 Å². The average Bonchev–Trinajstić information content (AvgIpc) is 2.92. The lowest BCUT2D eigenvalue weighted by atomic mass is 10.1. The van der Waals surface area contributed by atoms with Gasteiger partial charge in [-0.1, -0.05) is 6.08 Å². The molecule has 0 fully saturated rings. The molecule has 116 valence electrons. The molecule has 2 heterocycles. The Balaban J connectivity index is 1.79. The first-order chi connectivity index (χ1) is 11.3. The molecule has 1 aliphatic carbocycles. The smallest absolute Gasteiger partial charge is 0.217 e. The van der Waals surface area contributed by atoms with Gasteiger partial charge in [-0.3, -0.25) is 14.2 Å². The maximum Gasteiger partial charge on any atom is 0.217 e. The van der Waals surface area contributed by atoms with E-state index in [0.29, 0.717) is 36.6 Å². The van der Waals surface area contributed by atoms with Crippen LogP contribution < -0.4 is 10.1 Å². The molecule has 3 rings (SSSR count). The van der Waals surface area contributed by atoms with Crippen molar-refractivity contribution in [3.05, 3.63) is 65.8 Å². The van der Waals surface area contributed by atoms with Crippen molar-refractivity contribution in [3.8, 4) is 5.75 Å². The van der Waals surface area contributed by atoms with Gasteiger partial charge in [0.2, 0.25) is 12.8 Å². The number of ether oxygens (including phenoxy) is 1. The minimum Gasteiger partial charge on any atom is -0.458 e. The summed E-state index contributed by atoms with van der Waals surface area (Å²) in [6, 6.07) is 5.31. The first-order valence-corrected chi connectivity index (χ1v) is 7.15. The summed E-state index contributed by atoms with van der Waals surface area (Å²) in [5.74, 6) is 1.72. The molecule has 6 heteroatoms. The van der Waals surface area contributed by atoms with Crippen molar-refractivity contribution >= 4 is 18.6 Å². The third kappa shape index (κ3) is 3.37. The number of carbonyl (C=O) groups is 2. The Morgan fingerprint density at radius 2 is 2.17 bits per heavy atom. The van der Waals surface area contributed by atoms with E-state index in [0.717, 1.165) is 17.7 Å². The predicted molar refractivity (Wildman–Crippen MR) is 85.8 cm³/mol. The van der Waals surface area contributed by atoms with Gasteiger partial charge in [-0.05, 0) is 36.3 Å². The lowest BCUT2D eigenvalue weighted by Gasteiger charge is -2.11. The van der Waals surface area contributed by atoms with Crippen LogP contribution in [0.1, 0.15) is 11.3 Å². The van der Waals surface area contributed by atoms with Crippen LogP contribution in [0.25, 0.3) is 0 Å². The number of anilines is 1. The Bertz CT molecular complexity index is 790. The largest absolute Gasteiger partial charge is 0.458 e. The summed E-state index contributed by atoms with van der Waals surface area (Å²) in [6.07, 6.45) is 11.8. The quantitative estimate of drug-likeness (QED) is 0.859. The second kappa shape index (κ2) is 6.74. The zero-order valence-electron chi connectivity index (χ0n) is 12.3. The number of fused-ring (bicyclic) bond motifs is 1. The van der Waals surface area contributed by atoms with E-state index in [-0.39, 0.29) is 0 Å². The van der Waals surface area contributed by atoms with E-state index in [1.165, 1.54) is 0 Å². The van der Waals surface area contributed by atoms with Crippen LogP contribution in [0.2, 0.25) is 0 Å². The second-order valence-corrected chi connectivity index (χ2v) is 4.96. The van der Waals surface area contributed by atoms with Gasteiger partial charge >= 0.3 is 0 Å². The molecule has 0 spiro atoms. The Kier molecular flexibility index (Phi) is 4.33. The van der Waals surface area contributed by atoms with E-state index in [1.54, 1.807) is 29.1 Å². The summed E-state index contributed by atoms with van der Waals surface area (Å²) < 4.78 is 7.42. The molecule has 0 atom stereocenters. The zero-order valence-corrected chi connectivity index (χ0v) is 12.3. The Morgan fingerprint density at radius 3 is 3.00 bits per heavy atom. The molecule has 0 unspecified atom stereocenters. The molecule has 0 radical (unpaired) electrons. The zero-order chi connectivity index (χ0) is 16.1. The highest BCUT2D eigenvalue weighted by Crippen LogP contribution is 2.21. The number of rotatable bonds is 5. The molecule has 1 N–H and O–H groups in total. The van der Waals surface area contributed by atoms with Crippen molar-refractivity contribution in [2.24, 2.45) is 0 Å². The number of hydrogen-bond donors (Lipinski definition) is 1. The molecule has 23 heavy (non-hydrogen) atoms. The molecule has 1 amide bonds. The molecule has 0 saturated carbocycles. The summed E-state index contributed by atoms with van der Waals surface area (Å²) in [4.78, 5) is 25.5. The summed E-state index contributed by atoms with van der Waals surface area (Å²) in [7, 11) is 0. The van der Waals surface area contributed by atoms with E-state index in [2.05, 4.69) is 10.3 Å². The Morgan fingerprint density at radius 1 is 1.26 bits per heavy atom. The van der Waals surface area contributed by atoms with Crippen LogP contribution in [-0.4, -0.2) is 22.4 Å². The van der Waals surface area contributed by atoms with Gasteiger partial charge in [-0.25, -0.2) is 4.98 Å². The average molecular weight is 309 g/mol. The number of pyridine rings is 1. The first-order valence-electron chi connectivity index (χ1n) is 7.15. The summed E-state index contributed by atoms with van der Waals surface area (Å²) in [6.45, 7) is 0. The van der Waals surface area contributed by atoms with Gasteiger partial charge in [0, 0.05) is 30.6 Å². The van der Waals surface area contributed by atoms with Crippen molar-refractivity contribution < 1.29 is 14.3 Å². The predicted octanol–water partition coefficient (Wildman–Crippen LogP) is 2.11. The van der Waals surface area contributed by atoms with Gasteiger partial charge < -0.3 is 10.1 Å². The number of hydrogen-bond acceptors (Lipinski definition) is 4. The number of nitrogens with one attached hydrogen (secondary N) is 1. The second-order valence-electron chi connectivity index (χ2n) is 4.96.